The minimum atomic E-state index is -0.0795. The van der Waals surface area contributed by atoms with Crippen LogP contribution in [0, 0.1) is 0 Å². The third-order valence-electron chi connectivity index (χ3n) is 5.76. The highest BCUT2D eigenvalue weighted by Crippen LogP contribution is 2.25. The van der Waals surface area contributed by atoms with Gasteiger partial charge in [0.2, 0.25) is 0 Å². The second-order valence-electron chi connectivity index (χ2n) is 8.14. The summed E-state index contributed by atoms with van der Waals surface area (Å²) in [4.78, 5) is 19.6. The summed E-state index contributed by atoms with van der Waals surface area (Å²) in [6.45, 7) is 9.71. The van der Waals surface area contributed by atoms with Crippen LogP contribution in [0.3, 0.4) is 0 Å². The van der Waals surface area contributed by atoms with E-state index in [0.29, 0.717) is 11.6 Å². The lowest BCUT2D eigenvalue weighted by Crippen LogP contribution is -2.44. The SMILES string of the molecule is CCN1CCC(NC(=O)c2csc(-c3cnn(-c4ccc(C(C)C)cc4)c3)n2)CC1. The van der Waals surface area contributed by atoms with Crippen molar-refractivity contribution in [3.05, 3.63) is 53.3 Å². The van der Waals surface area contributed by atoms with Gasteiger partial charge in [-0.05, 0) is 43.0 Å². The number of hydrogen-bond acceptors (Lipinski definition) is 5. The molecular formula is C23H29N5OS. The summed E-state index contributed by atoms with van der Waals surface area (Å²) in [5.74, 6) is 0.426. The Morgan fingerprint density at radius 2 is 1.97 bits per heavy atom. The predicted octanol–water partition coefficient (Wildman–Crippen LogP) is 4.33. The molecule has 2 aromatic heterocycles. The first kappa shape index (κ1) is 20.8. The van der Waals surface area contributed by atoms with Gasteiger partial charge in [0.05, 0.1) is 11.9 Å². The Balaban J connectivity index is 1.41. The summed E-state index contributed by atoms with van der Waals surface area (Å²) in [6, 6.07) is 8.67. The zero-order valence-electron chi connectivity index (χ0n) is 17.8. The molecule has 0 saturated carbocycles. The molecule has 1 fully saturated rings. The summed E-state index contributed by atoms with van der Waals surface area (Å²) in [6.07, 6.45) is 5.76. The summed E-state index contributed by atoms with van der Waals surface area (Å²) in [7, 11) is 0. The molecule has 0 bridgehead atoms. The van der Waals surface area contributed by atoms with Gasteiger partial charge in [0.15, 0.2) is 0 Å². The Morgan fingerprint density at radius 1 is 1.23 bits per heavy atom. The van der Waals surface area contributed by atoms with E-state index in [4.69, 9.17) is 0 Å². The molecule has 0 aliphatic carbocycles. The average Bonchev–Trinajstić information content (AvgIpc) is 3.44. The van der Waals surface area contributed by atoms with Gasteiger partial charge in [-0.15, -0.1) is 11.3 Å². The standard InChI is InChI=1S/C23H29N5OS/c1-4-27-11-9-19(10-12-27)25-22(29)21-15-30-23(26-21)18-13-24-28(14-18)20-7-5-17(6-8-20)16(2)3/h5-8,13-16,19H,4,9-12H2,1-3H3,(H,25,29). The van der Waals surface area contributed by atoms with Gasteiger partial charge < -0.3 is 10.2 Å². The molecule has 1 aliphatic heterocycles. The van der Waals surface area contributed by atoms with Crippen LogP contribution in [0.2, 0.25) is 0 Å². The lowest BCUT2D eigenvalue weighted by atomic mass is 10.0. The van der Waals surface area contributed by atoms with Crippen LogP contribution in [0.1, 0.15) is 55.6 Å². The van der Waals surface area contributed by atoms with Crippen LogP contribution in [0.25, 0.3) is 16.3 Å². The van der Waals surface area contributed by atoms with E-state index < -0.39 is 0 Å². The number of carbonyl (C=O) groups is 1. The normalized spacial score (nSPS) is 15.6. The van der Waals surface area contributed by atoms with E-state index in [2.05, 4.69) is 65.3 Å². The molecule has 158 valence electrons. The minimum Gasteiger partial charge on any atom is -0.348 e. The topological polar surface area (TPSA) is 63.1 Å². The molecule has 3 heterocycles. The van der Waals surface area contributed by atoms with Crippen molar-refractivity contribution in [2.75, 3.05) is 19.6 Å². The summed E-state index contributed by atoms with van der Waals surface area (Å²) in [5, 5.41) is 10.3. The molecule has 0 unspecified atom stereocenters. The second-order valence-corrected chi connectivity index (χ2v) is 9.00. The molecule has 0 atom stereocenters. The largest absolute Gasteiger partial charge is 0.348 e. The average molecular weight is 424 g/mol. The van der Waals surface area contributed by atoms with Gasteiger partial charge in [-0.2, -0.15) is 5.10 Å². The van der Waals surface area contributed by atoms with E-state index in [1.807, 2.05) is 16.3 Å². The van der Waals surface area contributed by atoms with E-state index in [1.54, 1.807) is 6.20 Å². The van der Waals surface area contributed by atoms with E-state index in [0.717, 1.165) is 48.7 Å². The maximum absolute atomic E-state index is 12.6. The fraction of sp³-hybridized carbons (Fsp3) is 0.435. The number of rotatable bonds is 6. The van der Waals surface area contributed by atoms with Gasteiger partial charge in [0.25, 0.3) is 5.91 Å². The van der Waals surface area contributed by atoms with E-state index in [9.17, 15) is 4.79 Å². The van der Waals surface area contributed by atoms with Crippen LogP contribution in [-0.2, 0) is 0 Å². The van der Waals surface area contributed by atoms with E-state index in [-0.39, 0.29) is 11.9 Å². The fourth-order valence-electron chi connectivity index (χ4n) is 3.75. The number of carbonyl (C=O) groups excluding carboxylic acids is 1. The molecule has 1 saturated heterocycles. The van der Waals surface area contributed by atoms with Crippen molar-refractivity contribution in [3.8, 4) is 16.3 Å². The Hall–Kier alpha value is -2.51. The van der Waals surface area contributed by atoms with Gasteiger partial charge >= 0.3 is 0 Å². The first-order valence-corrected chi connectivity index (χ1v) is 11.6. The van der Waals surface area contributed by atoms with Crippen LogP contribution in [0.5, 0.6) is 0 Å². The first-order chi connectivity index (χ1) is 14.5. The number of hydrogen-bond donors (Lipinski definition) is 1. The molecular weight excluding hydrogens is 394 g/mol. The molecule has 7 heteroatoms. The van der Waals surface area contributed by atoms with Crippen molar-refractivity contribution >= 4 is 17.2 Å². The Kier molecular flexibility index (Phi) is 6.29. The van der Waals surface area contributed by atoms with Gasteiger partial charge in [0.1, 0.15) is 10.7 Å². The van der Waals surface area contributed by atoms with Crippen molar-refractivity contribution in [1.82, 2.24) is 25.0 Å². The number of benzene rings is 1. The molecule has 3 aromatic rings. The third kappa shape index (κ3) is 4.63. The summed E-state index contributed by atoms with van der Waals surface area (Å²) < 4.78 is 1.85. The second kappa shape index (κ2) is 9.10. The van der Waals surface area contributed by atoms with Crippen LogP contribution < -0.4 is 5.32 Å². The lowest BCUT2D eigenvalue weighted by molar-refractivity contribution is 0.0908. The molecule has 30 heavy (non-hydrogen) atoms. The van der Waals surface area contributed by atoms with Crippen molar-refractivity contribution in [2.45, 2.75) is 45.6 Å². The van der Waals surface area contributed by atoms with Gasteiger partial charge in [-0.1, -0.05) is 32.9 Å². The van der Waals surface area contributed by atoms with Crippen LogP contribution >= 0.6 is 11.3 Å². The van der Waals surface area contributed by atoms with Gasteiger partial charge in [-0.25, -0.2) is 9.67 Å². The highest BCUT2D eigenvalue weighted by molar-refractivity contribution is 7.13. The number of piperidine rings is 1. The summed E-state index contributed by atoms with van der Waals surface area (Å²) >= 11 is 1.48. The number of nitrogens with zero attached hydrogens (tertiary/aromatic N) is 4. The molecule has 1 N–H and O–H groups in total. The zero-order chi connectivity index (χ0) is 21.1. The fourth-order valence-corrected chi connectivity index (χ4v) is 4.53. The van der Waals surface area contributed by atoms with Gasteiger partial charge in [-0.3, -0.25) is 4.79 Å². The highest BCUT2D eigenvalue weighted by atomic mass is 32.1. The number of nitrogens with one attached hydrogen (secondary N) is 1. The Morgan fingerprint density at radius 3 is 2.63 bits per heavy atom. The maximum Gasteiger partial charge on any atom is 0.270 e. The molecule has 0 spiro atoms. The number of thiazole rings is 1. The van der Waals surface area contributed by atoms with Crippen LogP contribution in [-0.4, -0.2) is 51.2 Å². The van der Waals surface area contributed by atoms with E-state index >= 15 is 0 Å². The van der Waals surface area contributed by atoms with Crippen molar-refractivity contribution < 1.29 is 4.79 Å². The predicted molar refractivity (Wildman–Crippen MR) is 121 cm³/mol. The maximum atomic E-state index is 12.6. The smallest absolute Gasteiger partial charge is 0.270 e. The highest BCUT2D eigenvalue weighted by Gasteiger charge is 2.21. The molecule has 1 aromatic carbocycles. The third-order valence-corrected chi connectivity index (χ3v) is 6.65. The first-order valence-electron chi connectivity index (χ1n) is 10.7. The van der Waals surface area contributed by atoms with Crippen molar-refractivity contribution in [1.29, 1.82) is 0 Å². The lowest BCUT2D eigenvalue weighted by Gasteiger charge is -2.31. The van der Waals surface area contributed by atoms with Crippen LogP contribution in [0.4, 0.5) is 0 Å². The Labute approximate surface area is 181 Å². The molecule has 1 aliphatic rings. The zero-order valence-corrected chi connectivity index (χ0v) is 18.7. The number of aromatic nitrogens is 3. The van der Waals surface area contributed by atoms with Crippen LogP contribution in [0.15, 0.2) is 42.0 Å². The van der Waals surface area contributed by atoms with Crippen molar-refractivity contribution in [3.63, 3.8) is 0 Å². The molecule has 1 amide bonds. The van der Waals surface area contributed by atoms with E-state index in [1.165, 1.54) is 16.9 Å². The molecule has 6 nitrogen and oxygen atoms in total. The summed E-state index contributed by atoms with van der Waals surface area (Å²) in [5.41, 5.74) is 3.73. The number of amides is 1. The Bertz CT molecular complexity index is 983. The molecule has 0 radical (unpaired) electrons. The quantitative estimate of drug-likeness (QED) is 0.641. The van der Waals surface area contributed by atoms with Gasteiger partial charge in [0, 0.05) is 36.3 Å². The minimum absolute atomic E-state index is 0.0795. The van der Waals surface area contributed by atoms with Crippen molar-refractivity contribution in [2.24, 2.45) is 0 Å². The molecule has 4 rings (SSSR count). The monoisotopic (exact) mass is 423 g/mol. The number of likely N-dealkylation sites (tertiary alicyclic amines) is 1.